The van der Waals surface area contributed by atoms with Gasteiger partial charge in [-0.2, -0.15) is 5.10 Å². The number of hydrazone groups is 1. The molecule has 0 aliphatic carbocycles. The maximum absolute atomic E-state index is 9.42. The number of nitrogens with zero attached hydrogens (tertiary/aromatic N) is 3. The Bertz CT molecular complexity index is 550. The van der Waals surface area contributed by atoms with Crippen LogP contribution in [0.2, 0.25) is 5.02 Å². The minimum atomic E-state index is 0.0818. The number of phenols is 1. The van der Waals surface area contributed by atoms with Crippen molar-refractivity contribution < 1.29 is 5.11 Å². The Hall–Kier alpha value is -1.40. The summed E-state index contributed by atoms with van der Waals surface area (Å²) < 4.78 is 3.21. The van der Waals surface area contributed by atoms with Crippen LogP contribution in [0.1, 0.15) is 20.3 Å². The molecule has 2 rings (SSSR count). The number of phenolic OH excluding ortho intramolecular Hbond substituents is 1. The third-order valence-corrected chi connectivity index (χ3v) is 4.16. The Balaban J connectivity index is 1.99. The Morgan fingerprint density at radius 1 is 1.57 bits per heavy atom. The summed E-state index contributed by atoms with van der Waals surface area (Å²) in [5.41, 5.74) is 0. The van der Waals surface area contributed by atoms with Crippen molar-refractivity contribution in [2.24, 2.45) is 16.0 Å². The van der Waals surface area contributed by atoms with Crippen molar-refractivity contribution in [2.75, 3.05) is 13.1 Å². The zero-order valence-corrected chi connectivity index (χ0v) is 13.7. The summed E-state index contributed by atoms with van der Waals surface area (Å²) in [6.45, 7) is 5.67. The van der Waals surface area contributed by atoms with Crippen LogP contribution in [0, 0.1) is 5.92 Å². The molecule has 1 heterocycles. The van der Waals surface area contributed by atoms with Crippen molar-refractivity contribution in [2.45, 2.75) is 25.2 Å². The normalized spacial score (nSPS) is 18.3. The fraction of sp³-hybridized carbons (Fsp3) is 0.429. The molecule has 1 aromatic carbocycles. The fourth-order valence-electron chi connectivity index (χ4n) is 1.84. The number of guanidine groups is 1. The van der Waals surface area contributed by atoms with Crippen molar-refractivity contribution in [1.29, 1.82) is 0 Å². The van der Waals surface area contributed by atoms with Gasteiger partial charge in [0.05, 0.1) is 11.6 Å². The number of aliphatic imine (C=N–C) groups is 1. The van der Waals surface area contributed by atoms with Crippen molar-refractivity contribution >= 4 is 35.7 Å². The van der Waals surface area contributed by atoms with Gasteiger partial charge < -0.3 is 5.11 Å². The largest absolute Gasteiger partial charge is 0.506 e. The zero-order valence-electron chi connectivity index (χ0n) is 12.1. The third-order valence-electron chi connectivity index (χ3n) is 3.08. The predicted molar refractivity (Wildman–Crippen MR) is 89.1 cm³/mol. The molecule has 21 heavy (non-hydrogen) atoms. The number of halogens is 1. The van der Waals surface area contributed by atoms with E-state index in [-0.39, 0.29) is 5.75 Å². The van der Waals surface area contributed by atoms with Gasteiger partial charge >= 0.3 is 0 Å². The van der Waals surface area contributed by atoms with Gasteiger partial charge in [0.1, 0.15) is 5.75 Å². The summed E-state index contributed by atoms with van der Waals surface area (Å²) in [5, 5.41) is 16.0. The molecule has 0 aromatic heterocycles. The van der Waals surface area contributed by atoms with Crippen LogP contribution in [-0.2, 0) is 0 Å². The van der Waals surface area contributed by atoms with Crippen LogP contribution in [-0.4, -0.2) is 35.4 Å². The molecule has 2 N–H and O–H groups in total. The first-order valence-electron chi connectivity index (χ1n) is 6.91. The first kappa shape index (κ1) is 16.0. The Labute approximate surface area is 134 Å². The standard InChI is InChI=1S/C14H19ClN4OS/c1-3-10-8-17-19(9-10)14(16-4-2)18-21-11-5-6-13(20)12(15)7-11/h5-8,10,20H,3-4,9H2,1-2H3,(H,16,18). The molecule has 0 saturated heterocycles. The second-order valence-electron chi connectivity index (χ2n) is 4.63. The Morgan fingerprint density at radius 3 is 3.00 bits per heavy atom. The molecule has 0 radical (unpaired) electrons. The van der Waals surface area contributed by atoms with E-state index in [9.17, 15) is 5.11 Å². The van der Waals surface area contributed by atoms with E-state index < -0.39 is 0 Å². The molecule has 1 atom stereocenters. The number of hydrogen-bond donors (Lipinski definition) is 2. The van der Waals surface area contributed by atoms with Crippen LogP contribution in [0.5, 0.6) is 5.75 Å². The maximum atomic E-state index is 9.42. The molecule has 1 unspecified atom stereocenters. The van der Waals surface area contributed by atoms with E-state index in [1.165, 1.54) is 11.9 Å². The highest BCUT2D eigenvalue weighted by Gasteiger charge is 2.20. The van der Waals surface area contributed by atoms with E-state index >= 15 is 0 Å². The molecule has 7 heteroatoms. The lowest BCUT2D eigenvalue weighted by molar-refractivity contribution is 0.431. The van der Waals surface area contributed by atoms with Crippen LogP contribution in [0.3, 0.4) is 0 Å². The van der Waals surface area contributed by atoms with Crippen LogP contribution >= 0.6 is 23.5 Å². The maximum Gasteiger partial charge on any atom is 0.225 e. The van der Waals surface area contributed by atoms with E-state index in [1.807, 2.05) is 18.1 Å². The minimum absolute atomic E-state index is 0.0818. The van der Waals surface area contributed by atoms with Gasteiger partial charge in [0.15, 0.2) is 0 Å². The van der Waals surface area contributed by atoms with Crippen LogP contribution < -0.4 is 4.72 Å². The molecule has 0 bridgehead atoms. The highest BCUT2D eigenvalue weighted by molar-refractivity contribution is 7.98. The summed E-state index contributed by atoms with van der Waals surface area (Å²) in [4.78, 5) is 5.34. The van der Waals surface area contributed by atoms with Gasteiger partial charge in [-0.05, 0) is 43.5 Å². The molecule has 5 nitrogen and oxygen atoms in total. The lowest BCUT2D eigenvalue weighted by atomic mass is 10.1. The number of rotatable bonds is 4. The molecular formula is C14H19ClN4OS. The monoisotopic (exact) mass is 326 g/mol. The van der Waals surface area contributed by atoms with Gasteiger partial charge in [-0.25, -0.2) is 5.01 Å². The molecule has 0 fully saturated rings. The van der Waals surface area contributed by atoms with Gasteiger partial charge in [0, 0.05) is 23.6 Å². The molecule has 1 aromatic rings. The molecule has 0 amide bonds. The molecule has 0 spiro atoms. The third kappa shape index (κ3) is 4.28. The highest BCUT2D eigenvalue weighted by atomic mass is 35.5. The summed E-state index contributed by atoms with van der Waals surface area (Å²) in [7, 11) is 0. The van der Waals surface area contributed by atoms with Crippen LogP contribution in [0.4, 0.5) is 0 Å². The highest BCUT2D eigenvalue weighted by Crippen LogP contribution is 2.27. The Morgan fingerprint density at radius 2 is 2.38 bits per heavy atom. The van der Waals surface area contributed by atoms with Gasteiger partial charge in [-0.3, -0.25) is 9.71 Å². The lowest BCUT2D eigenvalue weighted by Gasteiger charge is -2.18. The minimum Gasteiger partial charge on any atom is -0.506 e. The first-order chi connectivity index (χ1) is 10.1. The quantitative estimate of drug-likeness (QED) is 0.506. The smallest absolute Gasteiger partial charge is 0.225 e. The zero-order chi connectivity index (χ0) is 15.2. The SMILES string of the molecule is CCN=C(NSc1ccc(O)c(Cl)c1)N1CC(CC)C=N1. The first-order valence-corrected chi connectivity index (χ1v) is 8.11. The van der Waals surface area contributed by atoms with E-state index in [1.54, 1.807) is 18.2 Å². The second kappa shape index (κ2) is 7.56. The summed E-state index contributed by atoms with van der Waals surface area (Å²) in [6.07, 6.45) is 3.04. The van der Waals surface area contributed by atoms with Crippen LogP contribution in [0.15, 0.2) is 33.2 Å². The van der Waals surface area contributed by atoms with Crippen LogP contribution in [0.25, 0.3) is 0 Å². The molecule has 1 aliphatic rings. The number of nitrogens with one attached hydrogen (secondary N) is 1. The molecular weight excluding hydrogens is 308 g/mol. The van der Waals surface area contributed by atoms with Crippen molar-refractivity contribution in [3.8, 4) is 5.75 Å². The van der Waals surface area contributed by atoms with Crippen molar-refractivity contribution in [1.82, 2.24) is 9.73 Å². The predicted octanol–water partition coefficient (Wildman–Crippen LogP) is 3.35. The fourth-order valence-corrected chi connectivity index (χ4v) is 2.78. The average Bonchev–Trinajstić information content (AvgIpc) is 2.96. The molecule has 114 valence electrons. The Kier molecular flexibility index (Phi) is 5.76. The van der Waals surface area contributed by atoms with Gasteiger partial charge in [0.2, 0.25) is 5.96 Å². The molecule has 0 saturated carbocycles. The van der Waals surface area contributed by atoms with E-state index in [0.717, 1.165) is 23.8 Å². The number of aromatic hydroxyl groups is 1. The van der Waals surface area contributed by atoms with E-state index in [0.29, 0.717) is 17.5 Å². The van der Waals surface area contributed by atoms with Gasteiger partial charge in [0.25, 0.3) is 0 Å². The second-order valence-corrected chi connectivity index (χ2v) is 5.92. The number of benzene rings is 1. The summed E-state index contributed by atoms with van der Waals surface area (Å²) in [6, 6.07) is 5.08. The van der Waals surface area contributed by atoms with Gasteiger partial charge in [-0.1, -0.05) is 18.5 Å². The number of hydrogen-bond acceptors (Lipinski definition) is 4. The average molecular weight is 327 g/mol. The van der Waals surface area contributed by atoms with Crippen molar-refractivity contribution in [3.05, 3.63) is 23.2 Å². The van der Waals surface area contributed by atoms with E-state index in [2.05, 4.69) is 21.7 Å². The topological polar surface area (TPSA) is 60.2 Å². The van der Waals surface area contributed by atoms with Gasteiger partial charge in [-0.15, -0.1) is 0 Å². The summed E-state index contributed by atoms with van der Waals surface area (Å²) >= 11 is 7.30. The lowest BCUT2D eigenvalue weighted by Crippen LogP contribution is -2.34. The van der Waals surface area contributed by atoms with Crippen molar-refractivity contribution in [3.63, 3.8) is 0 Å². The van der Waals surface area contributed by atoms with E-state index in [4.69, 9.17) is 11.6 Å². The molecule has 1 aliphatic heterocycles. The summed E-state index contributed by atoms with van der Waals surface area (Å²) in [5.74, 6) is 1.29.